The van der Waals surface area contributed by atoms with Crippen LogP contribution >= 0.6 is 11.8 Å². The summed E-state index contributed by atoms with van der Waals surface area (Å²) in [6, 6.07) is 3.69. The van der Waals surface area contributed by atoms with Gasteiger partial charge in [-0.1, -0.05) is 11.8 Å². The number of carbonyl (C=O) groups excluding carboxylic acids is 1. The Kier molecular flexibility index (Phi) is 3.64. The Morgan fingerprint density at radius 2 is 2.45 bits per heavy atom. The van der Waals surface area contributed by atoms with Crippen LogP contribution in [0.2, 0.25) is 0 Å². The molecule has 3 rings (SSSR count). The fraction of sp³-hybridized carbons (Fsp3) is 0.417. The van der Waals surface area contributed by atoms with Gasteiger partial charge >= 0.3 is 6.09 Å². The molecule has 1 aliphatic heterocycles. The molecule has 106 valence electrons. The number of cyclic esters (lactones) is 1. The summed E-state index contributed by atoms with van der Waals surface area (Å²) < 4.78 is 12.2. The summed E-state index contributed by atoms with van der Waals surface area (Å²) in [5.41, 5.74) is 0. The van der Waals surface area contributed by atoms with Gasteiger partial charge in [-0.25, -0.2) is 4.79 Å². The van der Waals surface area contributed by atoms with Crippen molar-refractivity contribution in [3.8, 4) is 11.6 Å². The minimum Gasteiger partial charge on any atom is -0.461 e. The van der Waals surface area contributed by atoms with E-state index in [-0.39, 0.29) is 12.1 Å². The molecule has 1 atom stereocenters. The molecular formula is C12H14N4O3S. The first-order valence-electron chi connectivity index (χ1n) is 6.31. The Labute approximate surface area is 119 Å². The van der Waals surface area contributed by atoms with Crippen molar-refractivity contribution >= 4 is 17.9 Å². The highest BCUT2D eigenvalue weighted by atomic mass is 32.2. The van der Waals surface area contributed by atoms with Crippen LogP contribution in [-0.4, -0.2) is 39.3 Å². The van der Waals surface area contributed by atoms with E-state index >= 15 is 0 Å². The minimum absolute atomic E-state index is 0.0153. The summed E-state index contributed by atoms with van der Waals surface area (Å²) in [7, 11) is 0. The van der Waals surface area contributed by atoms with E-state index < -0.39 is 0 Å². The van der Waals surface area contributed by atoms with Gasteiger partial charge < -0.3 is 14.5 Å². The number of ether oxygens (including phenoxy) is 1. The predicted octanol–water partition coefficient (Wildman–Crippen LogP) is 1.76. The summed E-state index contributed by atoms with van der Waals surface area (Å²) in [6.45, 7) is 3.18. The molecule has 1 N–H and O–H groups in total. The third kappa shape index (κ3) is 2.51. The normalized spacial score (nSPS) is 18.1. The molecule has 0 aromatic carbocycles. The van der Waals surface area contributed by atoms with Crippen molar-refractivity contribution in [2.24, 2.45) is 0 Å². The van der Waals surface area contributed by atoms with Crippen LogP contribution in [0.1, 0.15) is 6.92 Å². The molecule has 0 unspecified atom stereocenters. The molecule has 0 bridgehead atoms. The maximum absolute atomic E-state index is 11.0. The fourth-order valence-electron chi connectivity index (χ4n) is 1.96. The average Bonchev–Trinajstić information content (AvgIpc) is 3.16. The molecule has 1 fully saturated rings. The zero-order chi connectivity index (χ0) is 13.9. The van der Waals surface area contributed by atoms with Gasteiger partial charge in [0.15, 0.2) is 16.7 Å². The molecule has 0 radical (unpaired) electrons. The molecule has 2 aromatic heterocycles. The third-order valence-electron chi connectivity index (χ3n) is 2.93. The Hall–Kier alpha value is -1.96. The van der Waals surface area contributed by atoms with Gasteiger partial charge in [0.05, 0.1) is 12.3 Å². The number of thioether (sulfide) groups is 1. The van der Waals surface area contributed by atoms with Crippen LogP contribution in [0.15, 0.2) is 28.0 Å². The van der Waals surface area contributed by atoms with E-state index in [4.69, 9.17) is 9.15 Å². The number of nitrogens with zero attached hydrogens (tertiary/aromatic N) is 3. The van der Waals surface area contributed by atoms with Crippen molar-refractivity contribution < 1.29 is 13.9 Å². The number of amides is 1. The quantitative estimate of drug-likeness (QED) is 0.846. The highest BCUT2D eigenvalue weighted by Crippen LogP contribution is 2.24. The highest BCUT2D eigenvalue weighted by Gasteiger charge is 2.23. The Bertz CT molecular complexity index is 596. The summed E-state index contributed by atoms with van der Waals surface area (Å²) in [5.74, 6) is 2.11. The van der Waals surface area contributed by atoms with Crippen LogP contribution in [0.5, 0.6) is 0 Å². The molecule has 7 nitrogen and oxygen atoms in total. The van der Waals surface area contributed by atoms with E-state index in [9.17, 15) is 4.79 Å². The SMILES string of the molecule is CCn1c(SC[C@H]2COC(=O)N2)nnc1-c1ccco1. The summed E-state index contributed by atoms with van der Waals surface area (Å²) in [4.78, 5) is 11.0. The molecule has 8 heteroatoms. The summed E-state index contributed by atoms with van der Waals surface area (Å²) in [5, 5.41) is 11.9. The van der Waals surface area contributed by atoms with E-state index in [0.717, 1.165) is 11.7 Å². The molecule has 2 aromatic rings. The average molecular weight is 294 g/mol. The van der Waals surface area contributed by atoms with E-state index in [2.05, 4.69) is 15.5 Å². The van der Waals surface area contributed by atoms with Gasteiger partial charge in [-0.3, -0.25) is 4.57 Å². The maximum atomic E-state index is 11.0. The van der Waals surface area contributed by atoms with Crippen molar-refractivity contribution in [3.63, 3.8) is 0 Å². The van der Waals surface area contributed by atoms with Crippen molar-refractivity contribution in [3.05, 3.63) is 18.4 Å². The zero-order valence-electron chi connectivity index (χ0n) is 10.9. The Morgan fingerprint density at radius 3 is 3.10 bits per heavy atom. The van der Waals surface area contributed by atoms with Crippen LogP contribution in [0.25, 0.3) is 11.6 Å². The third-order valence-corrected chi connectivity index (χ3v) is 4.06. The predicted molar refractivity (Wildman–Crippen MR) is 72.4 cm³/mol. The van der Waals surface area contributed by atoms with Gasteiger partial charge in [-0.2, -0.15) is 0 Å². The van der Waals surface area contributed by atoms with E-state index in [1.807, 2.05) is 23.6 Å². The Morgan fingerprint density at radius 1 is 1.55 bits per heavy atom. The number of hydrogen-bond donors (Lipinski definition) is 1. The maximum Gasteiger partial charge on any atom is 0.407 e. The molecule has 1 aliphatic rings. The number of nitrogens with one attached hydrogen (secondary N) is 1. The number of carbonyl (C=O) groups is 1. The van der Waals surface area contributed by atoms with Gasteiger partial charge in [0, 0.05) is 12.3 Å². The number of aromatic nitrogens is 3. The van der Waals surface area contributed by atoms with E-state index in [1.165, 1.54) is 0 Å². The van der Waals surface area contributed by atoms with Crippen LogP contribution < -0.4 is 5.32 Å². The van der Waals surface area contributed by atoms with Crippen molar-refractivity contribution in [1.29, 1.82) is 0 Å². The van der Waals surface area contributed by atoms with E-state index in [0.29, 0.717) is 23.9 Å². The molecule has 0 aliphatic carbocycles. The standard InChI is InChI=1S/C12H14N4O3S/c1-2-16-10(9-4-3-5-18-9)14-15-11(16)20-7-8-6-19-12(17)13-8/h3-5,8H,2,6-7H2,1H3,(H,13,17)/t8-/m1/s1. The lowest BCUT2D eigenvalue weighted by Crippen LogP contribution is -2.28. The minimum atomic E-state index is -0.358. The molecule has 0 spiro atoms. The topological polar surface area (TPSA) is 82.2 Å². The van der Waals surface area contributed by atoms with Crippen molar-refractivity contribution in [2.45, 2.75) is 24.7 Å². The second kappa shape index (κ2) is 5.58. The van der Waals surface area contributed by atoms with Crippen LogP contribution in [0.3, 0.4) is 0 Å². The molecule has 1 saturated heterocycles. The molecule has 1 amide bonds. The fourth-order valence-corrected chi connectivity index (χ4v) is 2.96. The molecule has 3 heterocycles. The number of rotatable bonds is 5. The van der Waals surface area contributed by atoms with Crippen LogP contribution in [0.4, 0.5) is 4.79 Å². The second-order valence-electron chi connectivity index (χ2n) is 4.28. The van der Waals surface area contributed by atoms with Gasteiger partial charge in [0.2, 0.25) is 0 Å². The lowest BCUT2D eigenvalue weighted by Gasteiger charge is -2.08. The van der Waals surface area contributed by atoms with Gasteiger partial charge in [-0.15, -0.1) is 10.2 Å². The van der Waals surface area contributed by atoms with Crippen LogP contribution in [-0.2, 0) is 11.3 Å². The summed E-state index contributed by atoms with van der Waals surface area (Å²) in [6.07, 6.45) is 1.26. The molecule has 0 saturated carbocycles. The van der Waals surface area contributed by atoms with Gasteiger partial charge in [0.25, 0.3) is 0 Å². The summed E-state index contributed by atoms with van der Waals surface area (Å²) >= 11 is 1.54. The lowest BCUT2D eigenvalue weighted by molar-refractivity contribution is 0.177. The number of alkyl carbamates (subject to hydrolysis) is 1. The Balaban J connectivity index is 1.72. The number of furan rings is 1. The first kappa shape index (κ1) is 13.0. The van der Waals surface area contributed by atoms with Gasteiger partial charge in [0.1, 0.15) is 6.61 Å². The number of hydrogen-bond acceptors (Lipinski definition) is 6. The molecular weight excluding hydrogens is 280 g/mol. The van der Waals surface area contributed by atoms with Crippen LogP contribution in [0, 0.1) is 0 Å². The smallest absolute Gasteiger partial charge is 0.407 e. The van der Waals surface area contributed by atoms with E-state index in [1.54, 1.807) is 18.0 Å². The molecule has 20 heavy (non-hydrogen) atoms. The first-order valence-corrected chi connectivity index (χ1v) is 7.29. The highest BCUT2D eigenvalue weighted by molar-refractivity contribution is 7.99. The van der Waals surface area contributed by atoms with Crippen molar-refractivity contribution in [2.75, 3.05) is 12.4 Å². The van der Waals surface area contributed by atoms with Gasteiger partial charge in [-0.05, 0) is 19.1 Å². The second-order valence-corrected chi connectivity index (χ2v) is 5.27. The lowest BCUT2D eigenvalue weighted by atomic mass is 10.4. The largest absolute Gasteiger partial charge is 0.461 e. The van der Waals surface area contributed by atoms with Crippen molar-refractivity contribution in [1.82, 2.24) is 20.1 Å². The monoisotopic (exact) mass is 294 g/mol. The first-order chi connectivity index (χ1) is 9.78. The zero-order valence-corrected chi connectivity index (χ0v) is 11.7.